The van der Waals surface area contributed by atoms with Crippen molar-refractivity contribution in [2.24, 2.45) is 0 Å². The molecular weight excluding hydrogens is 426 g/mol. The Hall–Kier alpha value is -4.03. The highest BCUT2D eigenvalue weighted by Crippen LogP contribution is 2.26. The Balaban J connectivity index is 1.60. The van der Waals surface area contributed by atoms with Crippen molar-refractivity contribution in [2.75, 3.05) is 25.1 Å². The summed E-state index contributed by atoms with van der Waals surface area (Å²) >= 11 is 0. The quantitative estimate of drug-likeness (QED) is 0.337. The van der Waals surface area contributed by atoms with Gasteiger partial charge in [-0.3, -0.25) is 9.59 Å². The van der Waals surface area contributed by atoms with Crippen molar-refractivity contribution in [3.05, 3.63) is 96.1 Å². The average molecular weight is 454 g/mol. The lowest BCUT2D eigenvalue weighted by Gasteiger charge is -2.13. The molecule has 0 bridgehead atoms. The third-order valence-corrected chi connectivity index (χ3v) is 5.41. The highest BCUT2D eigenvalue weighted by molar-refractivity contribution is 6.15. The smallest absolute Gasteiger partial charge is 0.256 e. The van der Waals surface area contributed by atoms with Crippen molar-refractivity contribution >= 4 is 28.4 Å². The molecule has 0 saturated heterocycles. The molecule has 4 aromatic rings. The summed E-state index contributed by atoms with van der Waals surface area (Å²) < 4.78 is 5.31. The van der Waals surface area contributed by atoms with Crippen LogP contribution in [0.25, 0.3) is 22.2 Å². The third kappa shape index (κ3) is 5.47. The predicted octanol–water partition coefficient (Wildman–Crippen LogP) is 5.31. The van der Waals surface area contributed by atoms with Gasteiger partial charge in [0, 0.05) is 30.7 Å². The number of carbonyl (C=O) groups is 2. The zero-order chi connectivity index (χ0) is 23.8. The van der Waals surface area contributed by atoms with E-state index >= 15 is 0 Å². The molecule has 0 aliphatic heterocycles. The number of nitrogens with zero attached hydrogens (tertiary/aromatic N) is 1. The lowest BCUT2D eigenvalue weighted by Crippen LogP contribution is -2.27. The largest absolute Gasteiger partial charge is 0.382 e. The van der Waals surface area contributed by atoms with E-state index in [1.54, 1.807) is 30.3 Å². The number of fused-ring (bicyclic) bond motifs is 1. The van der Waals surface area contributed by atoms with E-state index in [1.807, 2.05) is 61.5 Å². The second kappa shape index (κ2) is 11.2. The molecule has 1 heterocycles. The minimum Gasteiger partial charge on any atom is -0.382 e. The monoisotopic (exact) mass is 453 g/mol. The van der Waals surface area contributed by atoms with Crippen LogP contribution in [0.15, 0.2) is 84.9 Å². The van der Waals surface area contributed by atoms with Crippen LogP contribution in [0.4, 0.5) is 5.69 Å². The highest BCUT2D eigenvalue weighted by Gasteiger charge is 2.17. The van der Waals surface area contributed by atoms with Gasteiger partial charge in [0.2, 0.25) is 0 Å². The van der Waals surface area contributed by atoms with E-state index in [2.05, 4.69) is 10.6 Å². The minimum atomic E-state index is -0.299. The number of hydrogen-bond donors (Lipinski definition) is 2. The maximum absolute atomic E-state index is 13.4. The van der Waals surface area contributed by atoms with E-state index < -0.39 is 0 Å². The molecule has 0 spiro atoms. The topological polar surface area (TPSA) is 80.3 Å². The summed E-state index contributed by atoms with van der Waals surface area (Å²) in [7, 11) is 0. The summed E-state index contributed by atoms with van der Waals surface area (Å²) in [5.74, 6) is -0.538. The lowest BCUT2D eigenvalue weighted by atomic mass is 10.0. The van der Waals surface area contributed by atoms with Crippen LogP contribution < -0.4 is 10.6 Å². The van der Waals surface area contributed by atoms with E-state index in [0.29, 0.717) is 42.3 Å². The van der Waals surface area contributed by atoms with Crippen LogP contribution in [0.5, 0.6) is 0 Å². The van der Waals surface area contributed by atoms with Gasteiger partial charge in [-0.15, -0.1) is 0 Å². The number of rotatable bonds is 9. The summed E-state index contributed by atoms with van der Waals surface area (Å²) in [4.78, 5) is 30.9. The van der Waals surface area contributed by atoms with Crippen LogP contribution in [0.3, 0.4) is 0 Å². The maximum atomic E-state index is 13.4. The molecule has 0 radical (unpaired) electrons. The van der Waals surface area contributed by atoms with Crippen molar-refractivity contribution < 1.29 is 14.3 Å². The summed E-state index contributed by atoms with van der Waals surface area (Å²) in [5, 5.41) is 6.58. The molecule has 0 unspecified atom stereocenters. The Kier molecular flexibility index (Phi) is 7.63. The molecule has 0 aliphatic carbocycles. The Labute approximate surface area is 199 Å². The van der Waals surface area contributed by atoms with E-state index in [4.69, 9.17) is 9.72 Å². The van der Waals surface area contributed by atoms with E-state index in [9.17, 15) is 9.59 Å². The predicted molar refractivity (Wildman–Crippen MR) is 135 cm³/mol. The van der Waals surface area contributed by atoms with Crippen LogP contribution in [0.2, 0.25) is 0 Å². The van der Waals surface area contributed by atoms with E-state index in [0.717, 1.165) is 22.9 Å². The Bertz CT molecular complexity index is 1290. The fourth-order valence-corrected chi connectivity index (χ4v) is 3.72. The minimum absolute atomic E-state index is 0.239. The molecule has 0 fully saturated rings. The number of amides is 2. The van der Waals surface area contributed by atoms with Crippen molar-refractivity contribution in [1.29, 1.82) is 0 Å². The van der Waals surface area contributed by atoms with Gasteiger partial charge in [0.1, 0.15) is 0 Å². The molecule has 2 amide bonds. The summed E-state index contributed by atoms with van der Waals surface area (Å²) in [6.45, 7) is 3.68. The van der Waals surface area contributed by atoms with Crippen LogP contribution in [-0.4, -0.2) is 36.6 Å². The highest BCUT2D eigenvalue weighted by atomic mass is 16.5. The third-order valence-electron chi connectivity index (χ3n) is 5.41. The molecule has 3 aromatic carbocycles. The number of aromatic nitrogens is 1. The molecule has 6 nitrogen and oxygen atoms in total. The molecule has 1 aromatic heterocycles. The van der Waals surface area contributed by atoms with Crippen molar-refractivity contribution in [1.82, 2.24) is 10.3 Å². The summed E-state index contributed by atoms with van der Waals surface area (Å²) in [6, 6.07) is 26.1. The van der Waals surface area contributed by atoms with E-state index in [1.165, 1.54) is 0 Å². The Morgan fingerprint density at radius 2 is 1.59 bits per heavy atom. The molecule has 172 valence electrons. The first-order valence-electron chi connectivity index (χ1n) is 11.4. The van der Waals surface area contributed by atoms with Gasteiger partial charge in [0.05, 0.1) is 28.0 Å². The zero-order valence-corrected chi connectivity index (χ0v) is 19.1. The number of para-hydroxylation sites is 2. The molecular formula is C28H27N3O3. The van der Waals surface area contributed by atoms with Gasteiger partial charge < -0.3 is 15.4 Å². The van der Waals surface area contributed by atoms with Gasteiger partial charge in [-0.1, -0.05) is 60.7 Å². The van der Waals surface area contributed by atoms with Crippen LogP contribution in [0.1, 0.15) is 34.1 Å². The molecule has 34 heavy (non-hydrogen) atoms. The molecule has 6 heteroatoms. The van der Waals surface area contributed by atoms with Gasteiger partial charge in [0.15, 0.2) is 0 Å². The average Bonchev–Trinajstić information content (AvgIpc) is 2.88. The first-order chi connectivity index (χ1) is 16.7. The number of hydrogen-bond acceptors (Lipinski definition) is 4. The number of pyridine rings is 1. The Morgan fingerprint density at radius 1 is 0.853 bits per heavy atom. The molecule has 2 N–H and O–H groups in total. The van der Waals surface area contributed by atoms with Gasteiger partial charge in [-0.05, 0) is 37.6 Å². The van der Waals surface area contributed by atoms with Gasteiger partial charge in [-0.25, -0.2) is 4.98 Å². The number of benzene rings is 3. The van der Waals surface area contributed by atoms with Crippen molar-refractivity contribution in [2.45, 2.75) is 13.3 Å². The number of carbonyl (C=O) groups excluding carboxylic acids is 2. The second-order valence-corrected chi connectivity index (χ2v) is 7.74. The summed E-state index contributed by atoms with van der Waals surface area (Å²) in [6.07, 6.45) is 0.722. The van der Waals surface area contributed by atoms with Crippen LogP contribution in [0, 0.1) is 0 Å². The maximum Gasteiger partial charge on any atom is 0.256 e. The first-order valence-corrected chi connectivity index (χ1v) is 11.4. The van der Waals surface area contributed by atoms with Gasteiger partial charge in [-0.2, -0.15) is 0 Å². The number of ether oxygens (including phenoxy) is 1. The van der Waals surface area contributed by atoms with Crippen molar-refractivity contribution in [3.63, 3.8) is 0 Å². The van der Waals surface area contributed by atoms with Crippen LogP contribution in [-0.2, 0) is 4.74 Å². The second-order valence-electron chi connectivity index (χ2n) is 7.74. The molecule has 0 saturated carbocycles. The van der Waals surface area contributed by atoms with E-state index in [-0.39, 0.29) is 11.8 Å². The number of anilines is 1. The van der Waals surface area contributed by atoms with Crippen molar-refractivity contribution in [3.8, 4) is 11.3 Å². The first kappa shape index (κ1) is 23.1. The van der Waals surface area contributed by atoms with Gasteiger partial charge in [0.25, 0.3) is 11.8 Å². The Morgan fingerprint density at radius 3 is 2.41 bits per heavy atom. The summed E-state index contributed by atoms with van der Waals surface area (Å²) in [5.41, 5.74) is 3.73. The lowest BCUT2D eigenvalue weighted by molar-refractivity contribution is 0.0945. The van der Waals surface area contributed by atoms with Gasteiger partial charge >= 0.3 is 0 Å². The fourth-order valence-electron chi connectivity index (χ4n) is 3.72. The normalized spacial score (nSPS) is 10.7. The standard InChI is InChI=1S/C28H27N3O3/c1-2-34-18-10-17-29-27(32)22-14-7-9-16-25(22)31-28(33)23-19-26(20-11-4-3-5-12-20)30-24-15-8-6-13-21(23)24/h3-9,11-16,19H,2,10,17-18H2,1H3,(H,29,32)(H,31,33). The number of nitrogens with one attached hydrogen (secondary N) is 2. The SMILES string of the molecule is CCOCCCNC(=O)c1ccccc1NC(=O)c1cc(-c2ccccc2)nc2ccccc12. The van der Waals surface area contributed by atoms with Crippen LogP contribution >= 0.6 is 0 Å². The fraction of sp³-hybridized carbons (Fsp3) is 0.179. The zero-order valence-electron chi connectivity index (χ0n) is 19.1. The molecule has 4 rings (SSSR count). The molecule has 0 aliphatic rings. The molecule has 0 atom stereocenters.